The molecule has 0 aliphatic heterocycles. The Hall–Kier alpha value is -1.07. The van der Waals surface area contributed by atoms with E-state index in [4.69, 9.17) is 15.2 Å². The van der Waals surface area contributed by atoms with E-state index in [1.54, 1.807) is 0 Å². The van der Waals surface area contributed by atoms with Crippen LogP contribution in [0.5, 0.6) is 0 Å². The Balaban J connectivity index is 2.42. The number of hydrogen-bond donors (Lipinski definition) is 2. The van der Waals surface area contributed by atoms with Gasteiger partial charge in [0.2, 0.25) is 5.91 Å². The minimum Gasteiger partial charge on any atom is -0.502 e. The second-order valence-corrected chi connectivity index (χ2v) is 5.49. The molecule has 0 heterocycles. The largest absolute Gasteiger partial charge is 0.502 e. The molecule has 0 aromatic rings. The van der Waals surface area contributed by atoms with Gasteiger partial charge in [-0.2, -0.15) is 0 Å². The van der Waals surface area contributed by atoms with E-state index < -0.39 is 5.54 Å². The quantitative estimate of drug-likeness (QED) is 0.513. The molecule has 19 heavy (non-hydrogen) atoms. The van der Waals surface area contributed by atoms with Crippen molar-refractivity contribution in [3.8, 4) is 0 Å². The third-order valence-corrected chi connectivity index (χ3v) is 4.08. The Bertz CT molecular complexity index is 331. The zero-order valence-corrected chi connectivity index (χ0v) is 12.2. The van der Waals surface area contributed by atoms with Crippen molar-refractivity contribution in [2.75, 3.05) is 19.8 Å². The van der Waals surface area contributed by atoms with Crippen LogP contribution in [0, 0.1) is 5.41 Å². The first kappa shape index (κ1) is 16.0. The van der Waals surface area contributed by atoms with Gasteiger partial charge in [0.15, 0.2) is 0 Å². The summed E-state index contributed by atoms with van der Waals surface area (Å²) >= 11 is 0. The summed E-state index contributed by atoms with van der Waals surface area (Å²) in [5.41, 5.74) is 5.06. The van der Waals surface area contributed by atoms with Crippen molar-refractivity contribution in [3.05, 3.63) is 12.8 Å². The monoisotopic (exact) mass is 270 g/mol. The molecule has 3 N–H and O–H groups in total. The molecule has 0 bridgehead atoms. The predicted molar refractivity (Wildman–Crippen MR) is 74.5 cm³/mol. The first-order valence-corrected chi connectivity index (χ1v) is 6.81. The van der Waals surface area contributed by atoms with E-state index in [1.807, 2.05) is 20.8 Å². The van der Waals surface area contributed by atoms with E-state index in [0.29, 0.717) is 26.2 Å². The molecular formula is C14H26N2O3. The lowest BCUT2D eigenvalue weighted by atomic mass is 9.54. The van der Waals surface area contributed by atoms with Gasteiger partial charge in [0.1, 0.15) is 5.54 Å². The summed E-state index contributed by atoms with van der Waals surface area (Å²) in [5, 5.41) is 2.87. The highest BCUT2D eigenvalue weighted by Gasteiger charge is 2.62. The first-order valence-electron chi connectivity index (χ1n) is 6.81. The standard InChI is InChI=1S/C14H26N2O3/c1-5-18-9-7-8-16-12(17)14(15)10-11(19-6-2)13(14,3)4/h5,11H,1,6-10,15H2,2-4H3,(H,16,17). The third kappa shape index (κ3) is 3.09. The summed E-state index contributed by atoms with van der Waals surface area (Å²) in [6.07, 6.45) is 2.76. The molecule has 1 rings (SSSR count). The van der Waals surface area contributed by atoms with Crippen molar-refractivity contribution < 1.29 is 14.3 Å². The fraction of sp³-hybridized carbons (Fsp3) is 0.786. The molecule has 1 aliphatic carbocycles. The smallest absolute Gasteiger partial charge is 0.240 e. The highest BCUT2D eigenvalue weighted by Crippen LogP contribution is 2.49. The zero-order chi connectivity index (χ0) is 14.5. The van der Waals surface area contributed by atoms with Gasteiger partial charge in [-0.05, 0) is 13.3 Å². The molecule has 0 aromatic heterocycles. The molecule has 5 heteroatoms. The van der Waals surface area contributed by atoms with E-state index in [0.717, 1.165) is 6.42 Å². The SMILES string of the molecule is C=COCCCNC(=O)C1(N)CC(OCC)C1(C)C. The van der Waals surface area contributed by atoms with Gasteiger partial charge in [0.25, 0.3) is 0 Å². The van der Waals surface area contributed by atoms with Crippen molar-refractivity contribution in [1.29, 1.82) is 0 Å². The molecule has 1 amide bonds. The molecule has 0 aromatic carbocycles. The Morgan fingerprint density at radius 2 is 2.26 bits per heavy atom. The normalized spacial score (nSPS) is 28.3. The van der Waals surface area contributed by atoms with Gasteiger partial charge >= 0.3 is 0 Å². The molecule has 110 valence electrons. The molecule has 0 saturated heterocycles. The maximum atomic E-state index is 12.2. The van der Waals surface area contributed by atoms with E-state index in [2.05, 4.69) is 11.9 Å². The lowest BCUT2D eigenvalue weighted by molar-refractivity contribution is -0.170. The van der Waals surface area contributed by atoms with Crippen LogP contribution in [0.25, 0.3) is 0 Å². The maximum absolute atomic E-state index is 12.2. The van der Waals surface area contributed by atoms with Crippen molar-refractivity contribution in [2.24, 2.45) is 11.1 Å². The summed E-state index contributed by atoms with van der Waals surface area (Å²) in [6.45, 7) is 11.1. The number of rotatable bonds is 8. The molecule has 1 aliphatic rings. The number of nitrogens with two attached hydrogens (primary N) is 1. The Labute approximate surface area is 115 Å². The highest BCUT2D eigenvalue weighted by molar-refractivity contribution is 5.88. The summed E-state index contributed by atoms with van der Waals surface area (Å²) in [6, 6.07) is 0. The van der Waals surface area contributed by atoms with Crippen molar-refractivity contribution in [2.45, 2.75) is 45.3 Å². The van der Waals surface area contributed by atoms with Crippen LogP contribution in [-0.2, 0) is 14.3 Å². The highest BCUT2D eigenvalue weighted by atomic mass is 16.5. The fourth-order valence-electron chi connectivity index (χ4n) is 2.42. The molecular weight excluding hydrogens is 244 g/mol. The van der Waals surface area contributed by atoms with Crippen molar-refractivity contribution >= 4 is 5.91 Å². The summed E-state index contributed by atoms with van der Waals surface area (Å²) in [5.74, 6) is -0.105. The van der Waals surface area contributed by atoms with Gasteiger partial charge in [-0.1, -0.05) is 20.4 Å². The van der Waals surface area contributed by atoms with Crippen LogP contribution >= 0.6 is 0 Å². The van der Waals surface area contributed by atoms with Crippen LogP contribution < -0.4 is 11.1 Å². The Morgan fingerprint density at radius 3 is 2.79 bits per heavy atom. The van der Waals surface area contributed by atoms with E-state index >= 15 is 0 Å². The Kier molecular flexibility index (Phi) is 5.38. The van der Waals surface area contributed by atoms with Crippen molar-refractivity contribution in [3.63, 3.8) is 0 Å². The summed E-state index contributed by atoms with van der Waals surface area (Å²) in [4.78, 5) is 12.2. The van der Waals surface area contributed by atoms with E-state index in [9.17, 15) is 4.79 Å². The van der Waals surface area contributed by atoms with Gasteiger partial charge in [0, 0.05) is 25.0 Å². The fourth-order valence-corrected chi connectivity index (χ4v) is 2.42. The van der Waals surface area contributed by atoms with Gasteiger partial charge in [0.05, 0.1) is 19.0 Å². The number of hydrogen-bond acceptors (Lipinski definition) is 4. The summed E-state index contributed by atoms with van der Waals surface area (Å²) < 4.78 is 10.6. The first-order chi connectivity index (χ1) is 8.90. The molecule has 0 radical (unpaired) electrons. The molecule has 2 atom stereocenters. The second kappa shape index (κ2) is 6.39. The van der Waals surface area contributed by atoms with Gasteiger partial charge in [-0.3, -0.25) is 4.79 Å². The van der Waals surface area contributed by atoms with Crippen LogP contribution in [-0.4, -0.2) is 37.3 Å². The molecule has 1 saturated carbocycles. The van der Waals surface area contributed by atoms with Gasteiger partial charge in [-0.15, -0.1) is 0 Å². The molecule has 5 nitrogen and oxygen atoms in total. The predicted octanol–water partition coefficient (Wildman–Crippen LogP) is 1.19. The molecule has 1 fully saturated rings. The lowest BCUT2D eigenvalue weighted by Gasteiger charge is -2.57. The second-order valence-electron chi connectivity index (χ2n) is 5.49. The van der Waals surface area contributed by atoms with Crippen LogP contribution in [0.1, 0.15) is 33.6 Å². The topological polar surface area (TPSA) is 73.6 Å². The average molecular weight is 270 g/mol. The van der Waals surface area contributed by atoms with Crippen LogP contribution in [0.2, 0.25) is 0 Å². The number of nitrogens with one attached hydrogen (secondary N) is 1. The van der Waals surface area contributed by atoms with E-state index in [-0.39, 0.29) is 17.4 Å². The number of amides is 1. The Morgan fingerprint density at radius 1 is 1.58 bits per heavy atom. The van der Waals surface area contributed by atoms with Crippen LogP contribution in [0.4, 0.5) is 0 Å². The summed E-state index contributed by atoms with van der Waals surface area (Å²) in [7, 11) is 0. The van der Waals surface area contributed by atoms with Crippen LogP contribution in [0.15, 0.2) is 12.8 Å². The average Bonchev–Trinajstić information content (AvgIpc) is 2.37. The number of carbonyl (C=O) groups excluding carboxylic acids is 1. The maximum Gasteiger partial charge on any atom is 0.240 e. The van der Waals surface area contributed by atoms with Gasteiger partial charge < -0.3 is 20.5 Å². The van der Waals surface area contributed by atoms with Crippen LogP contribution in [0.3, 0.4) is 0 Å². The number of carbonyl (C=O) groups is 1. The minimum atomic E-state index is -0.841. The van der Waals surface area contributed by atoms with Crippen molar-refractivity contribution in [1.82, 2.24) is 5.32 Å². The van der Waals surface area contributed by atoms with E-state index in [1.165, 1.54) is 6.26 Å². The minimum absolute atomic E-state index is 0.0531. The lowest BCUT2D eigenvalue weighted by Crippen LogP contribution is -2.75. The molecule has 2 unspecified atom stereocenters. The zero-order valence-electron chi connectivity index (χ0n) is 12.2. The van der Waals surface area contributed by atoms with Gasteiger partial charge in [-0.25, -0.2) is 0 Å². The third-order valence-electron chi connectivity index (χ3n) is 4.08. The number of ether oxygens (including phenoxy) is 2. The molecule has 0 spiro atoms.